The van der Waals surface area contributed by atoms with E-state index in [0.717, 1.165) is 36.1 Å². The van der Waals surface area contributed by atoms with E-state index in [4.69, 9.17) is 4.74 Å². The second-order valence-corrected chi connectivity index (χ2v) is 8.92. The number of aromatic nitrogens is 2. The average molecular weight is 490 g/mol. The number of thioether (sulfide) groups is 1. The fourth-order valence-corrected chi connectivity index (χ4v) is 5.33. The molecule has 1 aliphatic heterocycles. The number of benzene rings is 1. The Morgan fingerprint density at radius 2 is 2.10 bits per heavy atom. The van der Waals surface area contributed by atoms with Gasteiger partial charge in [0.15, 0.2) is 5.78 Å². The Labute approximate surface area is 191 Å². The summed E-state index contributed by atoms with van der Waals surface area (Å²) in [6, 6.07) is 8.34. The second-order valence-electron chi connectivity index (χ2n) is 6.84. The largest absolute Gasteiger partial charge is 0.497 e. The Hall–Kier alpha value is -1.88. The van der Waals surface area contributed by atoms with Gasteiger partial charge in [0.1, 0.15) is 10.8 Å². The molecule has 0 bridgehead atoms. The minimum absolute atomic E-state index is 0. The summed E-state index contributed by atoms with van der Waals surface area (Å²) in [4.78, 5) is 21.8. The molecule has 166 valence electrons. The molecule has 1 saturated heterocycles. The molecule has 31 heavy (non-hydrogen) atoms. The lowest BCUT2D eigenvalue weighted by molar-refractivity contribution is -0.145. The van der Waals surface area contributed by atoms with Crippen LogP contribution in [0.1, 0.15) is 32.7 Å². The number of rotatable bonds is 6. The molecule has 5 nitrogen and oxygen atoms in total. The van der Waals surface area contributed by atoms with Crippen molar-refractivity contribution in [2.75, 3.05) is 26.0 Å². The summed E-state index contributed by atoms with van der Waals surface area (Å²) in [5, 5.41) is 3.83. The van der Waals surface area contributed by atoms with Gasteiger partial charge in [-0.2, -0.15) is 13.2 Å². The fourth-order valence-electron chi connectivity index (χ4n) is 3.27. The Balaban J connectivity index is 0.00000272. The lowest BCUT2D eigenvalue weighted by Crippen LogP contribution is -2.12. The SMILES string of the molecule is COc1ccc2nc(C(F)(F)F)nc(SCC(=O)c3ccc(C4CCNC4)s3)c2c1.Cl. The van der Waals surface area contributed by atoms with Crippen molar-refractivity contribution in [1.82, 2.24) is 15.3 Å². The van der Waals surface area contributed by atoms with Crippen LogP contribution in [0.25, 0.3) is 10.9 Å². The lowest BCUT2D eigenvalue weighted by Gasteiger charge is -2.11. The van der Waals surface area contributed by atoms with Crippen molar-refractivity contribution in [1.29, 1.82) is 0 Å². The summed E-state index contributed by atoms with van der Waals surface area (Å²) in [6.45, 7) is 1.87. The highest BCUT2D eigenvalue weighted by molar-refractivity contribution is 8.00. The van der Waals surface area contributed by atoms with Gasteiger partial charge in [-0.05, 0) is 43.3 Å². The maximum Gasteiger partial charge on any atom is 0.451 e. The van der Waals surface area contributed by atoms with Gasteiger partial charge in [0, 0.05) is 22.7 Å². The molecule has 1 aliphatic rings. The predicted molar refractivity (Wildman–Crippen MR) is 118 cm³/mol. The number of thiophene rings is 1. The van der Waals surface area contributed by atoms with Crippen molar-refractivity contribution >= 4 is 52.2 Å². The Morgan fingerprint density at radius 1 is 1.29 bits per heavy atom. The first-order chi connectivity index (χ1) is 14.3. The highest BCUT2D eigenvalue weighted by Crippen LogP contribution is 2.35. The molecule has 4 rings (SSSR count). The molecular formula is C20H19ClF3N3O2S2. The molecule has 1 unspecified atom stereocenters. The van der Waals surface area contributed by atoms with Crippen LogP contribution in [0.5, 0.6) is 5.75 Å². The molecule has 1 aromatic carbocycles. The number of Topliss-reactive ketones (excluding diaryl/α,β-unsaturated/α-hetero) is 1. The Kier molecular flexibility index (Phi) is 7.46. The normalized spacial score (nSPS) is 16.3. The van der Waals surface area contributed by atoms with Crippen LogP contribution in [-0.4, -0.2) is 41.7 Å². The standard InChI is InChI=1S/C20H18F3N3O2S2.ClH/c1-28-12-2-3-14-13(8-12)18(26-19(25-14)20(21,22)23)29-10-15(27)17-5-4-16(30-17)11-6-7-24-9-11;/h2-5,8,11,24H,6-7,9-10H2,1H3;1H. The smallest absolute Gasteiger partial charge is 0.451 e. The molecule has 1 fully saturated rings. The van der Waals surface area contributed by atoms with Gasteiger partial charge in [-0.25, -0.2) is 9.97 Å². The summed E-state index contributed by atoms with van der Waals surface area (Å²) in [7, 11) is 1.47. The maximum atomic E-state index is 13.2. The Morgan fingerprint density at radius 3 is 2.77 bits per heavy atom. The molecule has 1 N–H and O–H groups in total. The zero-order chi connectivity index (χ0) is 21.3. The first-order valence-electron chi connectivity index (χ1n) is 9.24. The minimum Gasteiger partial charge on any atom is -0.497 e. The molecule has 0 amide bonds. The van der Waals surface area contributed by atoms with Crippen molar-refractivity contribution < 1.29 is 22.7 Å². The van der Waals surface area contributed by atoms with E-state index < -0.39 is 12.0 Å². The monoisotopic (exact) mass is 489 g/mol. The number of hydrogen-bond donors (Lipinski definition) is 1. The number of fused-ring (bicyclic) bond motifs is 1. The summed E-state index contributed by atoms with van der Waals surface area (Å²) < 4.78 is 44.8. The van der Waals surface area contributed by atoms with Gasteiger partial charge in [0.2, 0.25) is 5.82 Å². The first kappa shape index (κ1) is 23.8. The van der Waals surface area contributed by atoms with Crippen molar-refractivity contribution in [3.63, 3.8) is 0 Å². The highest BCUT2D eigenvalue weighted by Gasteiger charge is 2.35. The van der Waals surface area contributed by atoms with E-state index in [1.54, 1.807) is 18.2 Å². The van der Waals surface area contributed by atoms with E-state index in [-0.39, 0.29) is 34.5 Å². The number of ketones is 1. The fraction of sp³-hybridized carbons (Fsp3) is 0.350. The van der Waals surface area contributed by atoms with Crippen LogP contribution >= 0.6 is 35.5 Å². The van der Waals surface area contributed by atoms with Gasteiger partial charge in [-0.15, -0.1) is 23.7 Å². The van der Waals surface area contributed by atoms with E-state index in [1.807, 2.05) is 6.07 Å². The van der Waals surface area contributed by atoms with Gasteiger partial charge in [-0.3, -0.25) is 4.79 Å². The van der Waals surface area contributed by atoms with Crippen LogP contribution < -0.4 is 10.1 Å². The summed E-state index contributed by atoms with van der Waals surface area (Å²) in [5.74, 6) is -0.472. The topological polar surface area (TPSA) is 64.1 Å². The molecule has 3 heterocycles. The number of nitrogens with one attached hydrogen (secondary N) is 1. The van der Waals surface area contributed by atoms with Gasteiger partial charge in [0.05, 0.1) is 23.3 Å². The molecule has 0 aliphatic carbocycles. The number of carbonyl (C=O) groups excluding carboxylic acids is 1. The van der Waals surface area contributed by atoms with Crippen LogP contribution in [0.4, 0.5) is 13.2 Å². The van der Waals surface area contributed by atoms with Gasteiger partial charge in [-0.1, -0.05) is 11.8 Å². The maximum absolute atomic E-state index is 13.2. The Bertz CT molecular complexity index is 1090. The molecular weight excluding hydrogens is 471 g/mol. The number of ether oxygens (including phenoxy) is 1. The van der Waals surface area contributed by atoms with Crippen LogP contribution in [0.2, 0.25) is 0 Å². The van der Waals surface area contributed by atoms with E-state index in [2.05, 4.69) is 15.3 Å². The number of alkyl halides is 3. The molecule has 0 radical (unpaired) electrons. The molecule has 3 aromatic rings. The predicted octanol–water partition coefficient (Wildman–Crippen LogP) is 5.19. The van der Waals surface area contributed by atoms with Crippen molar-refractivity contribution in [3.05, 3.63) is 45.9 Å². The first-order valence-corrected chi connectivity index (χ1v) is 11.0. The average Bonchev–Trinajstić information content (AvgIpc) is 3.42. The van der Waals surface area contributed by atoms with Crippen molar-refractivity contribution in [2.45, 2.75) is 23.5 Å². The quantitative estimate of drug-likeness (QED) is 0.292. The van der Waals surface area contributed by atoms with E-state index in [0.29, 0.717) is 21.9 Å². The third-order valence-electron chi connectivity index (χ3n) is 4.83. The van der Waals surface area contributed by atoms with Crippen LogP contribution in [0.3, 0.4) is 0 Å². The zero-order valence-corrected chi connectivity index (χ0v) is 18.8. The molecule has 1 atom stereocenters. The van der Waals surface area contributed by atoms with Crippen LogP contribution in [-0.2, 0) is 6.18 Å². The third kappa shape index (κ3) is 5.31. The highest BCUT2D eigenvalue weighted by atomic mass is 35.5. The minimum atomic E-state index is -4.68. The molecule has 11 heteroatoms. The second kappa shape index (κ2) is 9.72. The number of methoxy groups -OCH3 is 1. The molecule has 0 spiro atoms. The molecule has 2 aromatic heterocycles. The number of carbonyl (C=O) groups is 1. The summed E-state index contributed by atoms with van der Waals surface area (Å²) in [5.41, 5.74) is 0.153. The number of nitrogens with zero attached hydrogens (tertiary/aromatic N) is 2. The van der Waals surface area contributed by atoms with E-state index in [1.165, 1.54) is 24.5 Å². The van der Waals surface area contributed by atoms with E-state index in [9.17, 15) is 18.0 Å². The van der Waals surface area contributed by atoms with Crippen LogP contribution in [0, 0.1) is 0 Å². The van der Waals surface area contributed by atoms with E-state index >= 15 is 0 Å². The number of halogens is 4. The summed E-state index contributed by atoms with van der Waals surface area (Å²) in [6.07, 6.45) is -3.64. The third-order valence-corrected chi connectivity index (χ3v) is 7.11. The van der Waals surface area contributed by atoms with Crippen molar-refractivity contribution in [3.8, 4) is 5.75 Å². The van der Waals surface area contributed by atoms with Crippen LogP contribution in [0.15, 0.2) is 35.4 Å². The summed E-state index contributed by atoms with van der Waals surface area (Å²) >= 11 is 2.44. The lowest BCUT2D eigenvalue weighted by atomic mass is 10.1. The molecule has 0 saturated carbocycles. The zero-order valence-electron chi connectivity index (χ0n) is 16.4. The number of hydrogen-bond acceptors (Lipinski definition) is 7. The van der Waals surface area contributed by atoms with Gasteiger partial charge in [0.25, 0.3) is 0 Å². The van der Waals surface area contributed by atoms with Gasteiger partial charge < -0.3 is 10.1 Å². The van der Waals surface area contributed by atoms with Crippen molar-refractivity contribution in [2.24, 2.45) is 0 Å². The van der Waals surface area contributed by atoms with Gasteiger partial charge >= 0.3 is 6.18 Å².